The molecule has 1 aliphatic heterocycles. The number of rotatable bonds is 6. The molecule has 4 nitrogen and oxygen atoms in total. The van der Waals surface area contributed by atoms with Gasteiger partial charge >= 0.3 is 5.97 Å². The molecule has 0 fully saturated rings. The maximum atomic E-state index is 11.1. The van der Waals surface area contributed by atoms with Gasteiger partial charge in [0.2, 0.25) is 0 Å². The number of carboxylic acids is 1. The van der Waals surface area contributed by atoms with Gasteiger partial charge in [-0.05, 0) is 79.3 Å². The first-order chi connectivity index (χ1) is 14.5. The summed E-state index contributed by atoms with van der Waals surface area (Å²) in [4.78, 5) is 11.1. The van der Waals surface area contributed by atoms with Crippen LogP contribution < -0.4 is 9.47 Å². The molecule has 30 heavy (non-hydrogen) atoms. The number of fused-ring (bicyclic) bond motifs is 1. The van der Waals surface area contributed by atoms with Gasteiger partial charge in [0, 0.05) is 6.42 Å². The molecule has 0 aliphatic carbocycles. The summed E-state index contributed by atoms with van der Waals surface area (Å²) in [6.07, 6.45) is 2.76. The Morgan fingerprint density at radius 1 is 1.03 bits per heavy atom. The molecule has 154 valence electrons. The molecule has 4 rings (SSSR count). The Bertz CT molecular complexity index is 1040. The van der Waals surface area contributed by atoms with E-state index in [1.54, 1.807) is 12.1 Å². The van der Waals surface area contributed by atoms with Gasteiger partial charge < -0.3 is 14.6 Å². The predicted octanol–water partition coefficient (Wildman–Crippen LogP) is 5.78. The van der Waals surface area contributed by atoms with E-state index in [-0.39, 0.29) is 11.2 Å². The van der Waals surface area contributed by atoms with Crippen LogP contribution in [-0.2, 0) is 12.8 Å². The molecule has 3 aromatic rings. The van der Waals surface area contributed by atoms with Gasteiger partial charge in [0.05, 0.1) is 12.2 Å². The molecule has 0 bridgehead atoms. The van der Waals surface area contributed by atoms with Crippen LogP contribution in [0.3, 0.4) is 0 Å². The zero-order valence-corrected chi connectivity index (χ0v) is 17.4. The Morgan fingerprint density at radius 3 is 2.40 bits per heavy atom. The quantitative estimate of drug-likeness (QED) is 0.568. The minimum absolute atomic E-state index is 0.272. The normalized spacial score (nSPS) is 17.7. The molecule has 0 radical (unpaired) electrons. The molecule has 0 amide bonds. The highest BCUT2D eigenvalue weighted by atomic mass is 16.5. The standard InChI is InChI=1S/C26H26O4/c1-3-29-23-12-4-18(5-13-23)17-26(2)15-14-20-8-11-22(16-24(20)30-26)19-6-9-21(10-7-19)25(27)28/h4-13,16H,3,14-15,17H2,1-2H3,(H,27,28)/t26-/m0/s1. The summed E-state index contributed by atoms with van der Waals surface area (Å²) in [6.45, 7) is 4.82. The summed E-state index contributed by atoms with van der Waals surface area (Å²) in [5.41, 5.74) is 4.46. The van der Waals surface area contributed by atoms with Crippen molar-refractivity contribution in [2.24, 2.45) is 0 Å². The van der Waals surface area contributed by atoms with Crippen molar-refractivity contribution < 1.29 is 19.4 Å². The fourth-order valence-electron chi connectivity index (χ4n) is 3.98. The summed E-state index contributed by atoms with van der Waals surface area (Å²) < 4.78 is 12.0. The lowest BCUT2D eigenvalue weighted by Gasteiger charge is -2.36. The van der Waals surface area contributed by atoms with E-state index in [1.165, 1.54) is 11.1 Å². The third-order valence-corrected chi connectivity index (χ3v) is 5.62. The summed E-state index contributed by atoms with van der Waals surface area (Å²) in [6, 6.07) is 21.4. The molecule has 3 aromatic carbocycles. The molecular formula is C26H26O4. The number of aromatic carboxylic acids is 1. The Hall–Kier alpha value is -3.27. The van der Waals surface area contributed by atoms with Gasteiger partial charge in [0.15, 0.2) is 0 Å². The fraction of sp³-hybridized carbons (Fsp3) is 0.269. The molecule has 1 atom stereocenters. The van der Waals surface area contributed by atoms with Crippen molar-refractivity contribution >= 4 is 5.97 Å². The number of benzene rings is 3. The largest absolute Gasteiger partial charge is 0.494 e. The second-order valence-electron chi connectivity index (χ2n) is 8.01. The number of hydrogen-bond donors (Lipinski definition) is 1. The highest BCUT2D eigenvalue weighted by molar-refractivity contribution is 5.88. The highest BCUT2D eigenvalue weighted by Gasteiger charge is 2.32. The van der Waals surface area contributed by atoms with Crippen molar-refractivity contribution in [3.8, 4) is 22.6 Å². The molecule has 1 aliphatic rings. The summed E-state index contributed by atoms with van der Waals surface area (Å²) in [5, 5.41) is 9.10. The van der Waals surface area contributed by atoms with Crippen LogP contribution in [0.4, 0.5) is 0 Å². The predicted molar refractivity (Wildman–Crippen MR) is 118 cm³/mol. The highest BCUT2D eigenvalue weighted by Crippen LogP contribution is 2.38. The van der Waals surface area contributed by atoms with Crippen molar-refractivity contribution in [3.63, 3.8) is 0 Å². The molecule has 0 saturated carbocycles. The van der Waals surface area contributed by atoms with E-state index in [9.17, 15) is 4.79 Å². The molecular weight excluding hydrogens is 376 g/mol. The van der Waals surface area contributed by atoms with E-state index in [2.05, 4.69) is 37.3 Å². The number of hydrogen-bond acceptors (Lipinski definition) is 3. The van der Waals surface area contributed by atoms with Crippen molar-refractivity contribution in [1.29, 1.82) is 0 Å². The lowest BCUT2D eigenvalue weighted by Crippen LogP contribution is -2.38. The second-order valence-corrected chi connectivity index (χ2v) is 8.01. The van der Waals surface area contributed by atoms with E-state index < -0.39 is 5.97 Å². The third-order valence-electron chi connectivity index (χ3n) is 5.62. The van der Waals surface area contributed by atoms with Crippen molar-refractivity contribution in [2.45, 2.75) is 38.7 Å². The van der Waals surface area contributed by atoms with Gasteiger partial charge in [-0.25, -0.2) is 4.79 Å². The number of carbonyl (C=O) groups is 1. The van der Waals surface area contributed by atoms with Crippen LogP contribution in [0.2, 0.25) is 0 Å². The van der Waals surface area contributed by atoms with Crippen LogP contribution in [0.15, 0.2) is 66.7 Å². The first kappa shape index (κ1) is 20.0. The Morgan fingerprint density at radius 2 is 1.73 bits per heavy atom. The number of ether oxygens (including phenoxy) is 2. The van der Waals surface area contributed by atoms with Crippen LogP contribution in [0.5, 0.6) is 11.5 Å². The van der Waals surface area contributed by atoms with Crippen molar-refractivity contribution in [1.82, 2.24) is 0 Å². The van der Waals surface area contributed by atoms with E-state index in [1.807, 2.05) is 31.2 Å². The van der Waals surface area contributed by atoms with Gasteiger partial charge in [-0.2, -0.15) is 0 Å². The topological polar surface area (TPSA) is 55.8 Å². The zero-order chi connectivity index (χ0) is 21.1. The Balaban J connectivity index is 1.53. The Labute approximate surface area is 177 Å². The van der Waals surface area contributed by atoms with E-state index in [4.69, 9.17) is 14.6 Å². The second kappa shape index (κ2) is 8.23. The fourth-order valence-corrected chi connectivity index (χ4v) is 3.98. The number of carboxylic acid groups (broad SMARTS) is 1. The molecule has 0 aromatic heterocycles. The van der Waals surface area contributed by atoms with Gasteiger partial charge in [0.25, 0.3) is 0 Å². The van der Waals surface area contributed by atoms with Crippen LogP contribution in [0.1, 0.15) is 41.8 Å². The minimum atomic E-state index is -0.916. The van der Waals surface area contributed by atoms with Crippen LogP contribution in [0, 0.1) is 0 Å². The number of aryl methyl sites for hydroxylation is 1. The van der Waals surface area contributed by atoms with Crippen LogP contribution in [0.25, 0.3) is 11.1 Å². The molecule has 0 spiro atoms. The molecule has 0 saturated heterocycles. The summed E-state index contributed by atoms with van der Waals surface area (Å²) in [5.74, 6) is 0.884. The third kappa shape index (κ3) is 4.33. The summed E-state index contributed by atoms with van der Waals surface area (Å²) >= 11 is 0. The molecule has 1 N–H and O–H groups in total. The summed E-state index contributed by atoms with van der Waals surface area (Å²) in [7, 11) is 0. The lowest BCUT2D eigenvalue weighted by molar-refractivity contribution is 0.0654. The lowest BCUT2D eigenvalue weighted by atomic mass is 9.86. The first-order valence-electron chi connectivity index (χ1n) is 10.3. The van der Waals surface area contributed by atoms with Gasteiger partial charge in [-0.1, -0.05) is 36.4 Å². The molecule has 1 heterocycles. The maximum Gasteiger partial charge on any atom is 0.335 e. The average Bonchev–Trinajstić information content (AvgIpc) is 2.75. The van der Waals surface area contributed by atoms with E-state index in [0.29, 0.717) is 6.61 Å². The minimum Gasteiger partial charge on any atom is -0.494 e. The van der Waals surface area contributed by atoms with Crippen molar-refractivity contribution in [2.75, 3.05) is 6.61 Å². The van der Waals surface area contributed by atoms with Gasteiger partial charge in [0.1, 0.15) is 17.1 Å². The monoisotopic (exact) mass is 402 g/mol. The van der Waals surface area contributed by atoms with Gasteiger partial charge in [-0.3, -0.25) is 0 Å². The average molecular weight is 402 g/mol. The molecule has 0 unspecified atom stereocenters. The Kier molecular flexibility index (Phi) is 5.49. The van der Waals surface area contributed by atoms with Crippen molar-refractivity contribution in [3.05, 3.63) is 83.4 Å². The maximum absolute atomic E-state index is 11.1. The van der Waals surface area contributed by atoms with Crippen LogP contribution >= 0.6 is 0 Å². The van der Waals surface area contributed by atoms with Gasteiger partial charge in [-0.15, -0.1) is 0 Å². The first-order valence-corrected chi connectivity index (χ1v) is 10.3. The van der Waals surface area contributed by atoms with Crippen LogP contribution in [-0.4, -0.2) is 23.3 Å². The smallest absolute Gasteiger partial charge is 0.335 e. The SMILES string of the molecule is CCOc1ccc(C[C@]2(C)CCc3ccc(-c4ccc(C(=O)O)cc4)cc3O2)cc1. The van der Waals surface area contributed by atoms with E-state index >= 15 is 0 Å². The van der Waals surface area contributed by atoms with E-state index in [0.717, 1.165) is 41.9 Å². The zero-order valence-electron chi connectivity index (χ0n) is 17.4. The molecule has 4 heteroatoms.